The first kappa shape index (κ1) is 22.3. The predicted octanol–water partition coefficient (Wildman–Crippen LogP) is 3.25. The standard InChI is InChI=1S/C21H23N3O6S/c1-14-6-9-16(10-7-14)31(26,27)12-4-5-19(25)22-21-24-23-20(30-21)15-8-11-17(28-2)18(13-15)29-3/h6-11,13H,4-5,12H2,1-3H3,(H,22,24,25). The first-order valence-electron chi connectivity index (χ1n) is 9.47. The minimum absolute atomic E-state index is 0.000830. The predicted molar refractivity (Wildman–Crippen MR) is 114 cm³/mol. The van der Waals surface area contributed by atoms with E-state index in [-0.39, 0.29) is 35.4 Å². The van der Waals surface area contributed by atoms with Crippen molar-refractivity contribution < 1.29 is 27.1 Å². The number of anilines is 1. The van der Waals surface area contributed by atoms with E-state index in [1.54, 1.807) is 42.5 Å². The van der Waals surface area contributed by atoms with Gasteiger partial charge in [0, 0.05) is 12.0 Å². The maximum Gasteiger partial charge on any atom is 0.322 e. The Balaban J connectivity index is 1.56. The Morgan fingerprint density at radius 3 is 2.42 bits per heavy atom. The van der Waals surface area contributed by atoms with E-state index in [0.717, 1.165) is 5.56 Å². The highest BCUT2D eigenvalue weighted by Crippen LogP contribution is 2.32. The molecule has 1 heterocycles. The van der Waals surface area contributed by atoms with Gasteiger partial charge in [0.15, 0.2) is 21.3 Å². The third-order valence-corrected chi connectivity index (χ3v) is 6.32. The first-order valence-corrected chi connectivity index (χ1v) is 11.1. The van der Waals surface area contributed by atoms with E-state index < -0.39 is 15.7 Å². The van der Waals surface area contributed by atoms with Crippen molar-refractivity contribution in [3.8, 4) is 23.0 Å². The zero-order chi connectivity index (χ0) is 22.4. The van der Waals surface area contributed by atoms with Gasteiger partial charge in [0.25, 0.3) is 0 Å². The van der Waals surface area contributed by atoms with Crippen LogP contribution in [0.1, 0.15) is 18.4 Å². The first-order chi connectivity index (χ1) is 14.8. The maximum absolute atomic E-state index is 12.3. The molecule has 164 valence electrons. The third kappa shape index (κ3) is 5.60. The van der Waals surface area contributed by atoms with E-state index in [1.807, 2.05) is 6.92 Å². The van der Waals surface area contributed by atoms with Gasteiger partial charge >= 0.3 is 6.01 Å². The number of hydrogen-bond acceptors (Lipinski definition) is 8. The lowest BCUT2D eigenvalue weighted by atomic mass is 10.2. The number of benzene rings is 2. The molecule has 0 atom stereocenters. The van der Waals surface area contributed by atoms with Crippen molar-refractivity contribution in [2.75, 3.05) is 25.3 Å². The van der Waals surface area contributed by atoms with Gasteiger partial charge in [-0.05, 0) is 43.7 Å². The van der Waals surface area contributed by atoms with Gasteiger partial charge in [-0.15, -0.1) is 5.10 Å². The van der Waals surface area contributed by atoms with Crippen LogP contribution in [-0.4, -0.2) is 44.5 Å². The topological polar surface area (TPSA) is 121 Å². The van der Waals surface area contributed by atoms with Crippen LogP contribution in [0, 0.1) is 6.92 Å². The highest BCUT2D eigenvalue weighted by atomic mass is 32.2. The summed E-state index contributed by atoms with van der Waals surface area (Å²) in [5.74, 6) is 0.697. The lowest BCUT2D eigenvalue weighted by molar-refractivity contribution is -0.116. The van der Waals surface area contributed by atoms with Crippen molar-refractivity contribution in [2.45, 2.75) is 24.7 Å². The van der Waals surface area contributed by atoms with E-state index in [2.05, 4.69) is 15.5 Å². The van der Waals surface area contributed by atoms with Crippen LogP contribution in [0.2, 0.25) is 0 Å². The molecular formula is C21H23N3O6S. The number of amides is 1. The normalized spacial score (nSPS) is 11.2. The van der Waals surface area contributed by atoms with Gasteiger partial charge in [-0.3, -0.25) is 10.1 Å². The van der Waals surface area contributed by atoms with Crippen LogP contribution in [0.5, 0.6) is 11.5 Å². The third-order valence-electron chi connectivity index (χ3n) is 4.50. The molecule has 2 aromatic carbocycles. The fraction of sp³-hybridized carbons (Fsp3) is 0.286. The number of nitrogens with one attached hydrogen (secondary N) is 1. The van der Waals surface area contributed by atoms with Crippen LogP contribution in [0.25, 0.3) is 11.5 Å². The Morgan fingerprint density at radius 2 is 1.74 bits per heavy atom. The zero-order valence-corrected chi connectivity index (χ0v) is 18.2. The molecule has 0 fully saturated rings. The van der Waals surface area contributed by atoms with E-state index >= 15 is 0 Å². The van der Waals surface area contributed by atoms with Crippen LogP contribution < -0.4 is 14.8 Å². The molecule has 10 heteroatoms. The van der Waals surface area contributed by atoms with Gasteiger partial charge in [0.2, 0.25) is 11.8 Å². The number of hydrogen-bond donors (Lipinski definition) is 1. The number of sulfone groups is 1. The van der Waals surface area contributed by atoms with Gasteiger partial charge < -0.3 is 13.9 Å². The molecule has 0 bridgehead atoms. The molecule has 0 saturated heterocycles. The molecule has 0 saturated carbocycles. The van der Waals surface area contributed by atoms with Crippen molar-refractivity contribution in [1.29, 1.82) is 0 Å². The Hall–Kier alpha value is -3.40. The Labute approximate surface area is 180 Å². The summed E-state index contributed by atoms with van der Waals surface area (Å²) in [7, 11) is -0.398. The van der Waals surface area contributed by atoms with Crippen molar-refractivity contribution in [3.05, 3.63) is 48.0 Å². The lowest BCUT2D eigenvalue weighted by Crippen LogP contribution is -2.14. The molecule has 3 rings (SSSR count). The number of ether oxygens (including phenoxy) is 2. The number of nitrogens with zero attached hydrogens (tertiary/aromatic N) is 2. The highest BCUT2D eigenvalue weighted by Gasteiger charge is 2.17. The van der Waals surface area contributed by atoms with Gasteiger partial charge in [-0.2, -0.15) is 0 Å². The van der Waals surface area contributed by atoms with Gasteiger partial charge in [-0.25, -0.2) is 8.42 Å². The van der Waals surface area contributed by atoms with Crippen LogP contribution in [0.3, 0.4) is 0 Å². The molecule has 0 aliphatic rings. The smallest absolute Gasteiger partial charge is 0.322 e. The molecule has 1 N–H and O–H groups in total. The van der Waals surface area contributed by atoms with Gasteiger partial charge in [0.05, 0.1) is 24.9 Å². The van der Waals surface area contributed by atoms with Gasteiger partial charge in [0.1, 0.15) is 0 Å². The van der Waals surface area contributed by atoms with E-state index in [1.165, 1.54) is 14.2 Å². The van der Waals surface area contributed by atoms with Crippen molar-refractivity contribution in [3.63, 3.8) is 0 Å². The summed E-state index contributed by atoms with van der Waals surface area (Å²) in [4.78, 5) is 12.4. The summed E-state index contributed by atoms with van der Waals surface area (Å²) in [5.41, 5.74) is 1.57. The second-order valence-electron chi connectivity index (χ2n) is 6.77. The minimum atomic E-state index is -3.44. The van der Waals surface area contributed by atoms with E-state index in [9.17, 15) is 13.2 Å². The van der Waals surface area contributed by atoms with Crippen molar-refractivity contribution in [2.24, 2.45) is 0 Å². The molecule has 0 spiro atoms. The summed E-state index contributed by atoms with van der Waals surface area (Å²) in [6.07, 6.45) is 0.165. The molecule has 0 unspecified atom stereocenters. The Kier molecular flexibility index (Phi) is 6.91. The minimum Gasteiger partial charge on any atom is -0.493 e. The summed E-state index contributed by atoms with van der Waals surface area (Å²) < 4.78 is 40.6. The number of carbonyl (C=O) groups excluding carboxylic acids is 1. The second kappa shape index (κ2) is 9.61. The fourth-order valence-electron chi connectivity index (χ4n) is 2.83. The molecule has 3 aromatic rings. The number of aromatic nitrogens is 2. The highest BCUT2D eigenvalue weighted by molar-refractivity contribution is 7.91. The Bertz CT molecular complexity index is 1160. The van der Waals surface area contributed by atoms with Crippen LogP contribution in [0.4, 0.5) is 6.01 Å². The number of carbonyl (C=O) groups is 1. The average molecular weight is 445 g/mol. The van der Waals surface area contributed by atoms with E-state index in [0.29, 0.717) is 17.1 Å². The van der Waals surface area contributed by atoms with Crippen LogP contribution in [0.15, 0.2) is 51.8 Å². The molecule has 31 heavy (non-hydrogen) atoms. The summed E-state index contributed by atoms with van der Waals surface area (Å²) in [6.45, 7) is 1.88. The van der Waals surface area contributed by atoms with Crippen LogP contribution >= 0.6 is 0 Å². The number of aryl methyl sites for hydroxylation is 1. The largest absolute Gasteiger partial charge is 0.493 e. The summed E-state index contributed by atoms with van der Waals surface area (Å²) in [6, 6.07) is 11.6. The zero-order valence-electron chi connectivity index (χ0n) is 17.4. The molecule has 0 aliphatic heterocycles. The monoisotopic (exact) mass is 445 g/mol. The summed E-state index contributed by atoms with van der Waals surface area (Å²) in [5, 5.41) is 10.2. The van der Waals surface area contributed by atoms with Crippen molar-refractivity contribution in [1.82, 2.24) is 10.2 Å². The molecular weight excluding hydrogens is 422 g/mol. The quantitative estimate of drug-likeness (QED) is 0.533. The number of methoxy groups -OCH3 is 2. The number of rotatable bonds is 9. The van der Waals surface area contributed by atoms with Crippen molar-refractivity contribution >= 4 is 21.8 Å². The molecule has 0 radical (unpaired) electrons. The molecule has 1 aromatic heterocycles. The molecule has 9 nitrogen and oxygen atoms in total. The average Bonchev–Trinajstić information content (AvgIpc) is 3.21. The second-order valence-corrected chi connectivity index (χ2v) is 8.87. The van der Waals surface area contributed by atoms with Crippen LogP contribution in [-0.2, 0) is 14.6 Å². The van der Waals surface area contributed by atoms with E-state index in [4.69, 9.17) is 13.9 Å². The Morgan fingerprint density at radius 1 is 1.03 bits per heavy atom. The molecule has 1 amide bonds. The molecule has 0 aliphatic carbocycles. The maximum atomic E-state index is 12.3. The fourth-order valence-corrected chi connectivity index (χ4v) is 4.14. The summed E-state index contributed by atoms with van der Waals surface area (Å²) >= 11 is 0. The van der Waals surface area contributed by atoms with Gasteiger partial charge in [-0.1, -0.05) is 22.8 Å². The lowest BCUT2D eigenvalue weighted by Gasteiger charge is -2.07. The SMILES string of the molecule is COc1ccc(-c2nnc(NC(=O)CCCS(=O)(=O)c3ccc(C)cc3)o2)cc1OC.